The van der Waals surface area contributed by atoms with Crippen molar-refractivity contribution in [2.24, 2.45) is 0 Å². The summed E-state index contributed by atoms with van der Waals surface area (Å²) in [4.78, 5) is 25.7. The van der Waals surface area contributed by atoms with E-state index < -0.39 is 12.1 Å². The predicted molar refractivity (Wildman–Crippen MR) is 143 cm³/mol. The Hall–Kier alpha value is -2.75. The lowest BCUT2D eigenvalue weighted by Gasteiger charge is -2.23. The largest absolute Gasteiger partial charge is 0.492 e. The van der Waals surface area contributed by atoms with Crippen molar-refractivity contribution in [3.63, 3.8) is 0 Å². The van der Waals surface area contributed by atoms with Crippen LogP contribution in [0.3, 0.4) is 0 Å². The molecule has 0 aromatic heterocycles. The maximum atomic E-state index is 12.6. The molecule has 0 aliphatic heterocycles. The zero-order valence-electron chi connectivity index (χ0n) is 21.2. The molecule has 0 fully saturated rings. The second kappa shape index (κ2) is 17.6. The van der Waals surface area contributed by atoms with Gasteiger partial charge in [0.1, 0.15) is 12.4 Å². The molecule has 36 heavy (non-hydrogen) atoms. The van der Waals surface area contributed by atoms with Crippen molar-refractivity contribution in [1.29, 1.82) is 0 Å². The topological polar surface area (TPSA) is 97.3 Å². The van der Waals surface area contributed by atoms with Crippen LogP contribution in [0.4, 0.5) is 4.79 Å². The molecule has 1 atom stereocenters. The lowest BCUT2D eigenvalue weighted by atomic mass is 10.1. The van der Waals surface area contributed by atoms with E-state index in [4.69, 9.17) is 14.2 Å². The predicted octanol–water partition coefficient (Wildman–Crippen LogP) is 4.08. The van der Waals surface area contributed by atoms with Crippen molar-refractivity contribution < 1.29 is 28.9 Å². The van der Waals surface area contributed by atoms with E-state index in [1.807, 2.05) is 54.2 Å². The fraction of sp³-hybridized carbons (Fsp3) is 0.481. The van der Waals surface area contributed by atoms with Gasteiger partial charge in [-0.2, -0.15) is 11.8 Å². The molecule has 2 rings (SSSR count). The van der Waals surface area contributed by atoms with E-state index >= 15 is 0 Å². The Balaban J connectivity index is 1.79. The standard InChI is InChI=1S/C27H38N2O6S/c1-3-34-25(26(30)31)20-22-10-12-24(13-11-22)35-18-16-29(27(32)28-14-17-33-2)15-7-19-36-21-23-8-5-4-6-9-23/h4-6,8-13,25H,3,7,14-21H2,1-2H3,(H,28,32)(H,30,31). The van der Waals surface area contributed by atoms with Crippen LogP contribution in [-0.4, -0.2) is 80.4 Å². The molecule has 0 aliphatic rings. The normalized spacial score (nSPS) is 11.6. The summed E-state index contributed by atoms with van der Waals surface area (Å²) in [6, 6.07) is 17.5. The minimum atomic E-state index is -0.973. The van der Waals surface area contributed by atoms with E-state index in [1.54, 1.807) is 18.9 Å². The number of carbonyl (C=O) groups excluding carboxylic acids is 1. The van der Waals surface area contributed by atoms with Gasteiger partial charge in [0.15, 0.2) is 6.10 Å². The molecule has 0 bridgehead atoms. The van der Waals surface area contributed by atoms with Gasteiger partial charge in [0.05, 0.1) is 13.2 Å². The number of urea groups is 1. The molecule has 198 valence electrons. The van der Waals surface area contributed by atoms with E-state index in [0.29, 0.717) is 51.6 Å². The zero-order valence-corrected chi connectivity index (χ0v) is 22.0. The van der Waals surface area contributed by atoms with Crippen LogP contribution in [0.25, 0.3) is 0 Å². The van der Waals surface area contributed by atoms with Crippen molar-refractivity contribution in [2.75, 3.05) is 52.3 Å². The molecule has 1 unspecified atom stereocenters. The summed E-state index contributed by atoms with van der Waals surface area (Å²) in [5.74, 6) is 1.61. The van der Waals surface area contributed by atoms with Crippen LogP contribution in [0.2, 0.25) is 0 Å². The number of carboxylic acids is 1. The number of methoxy groups -OCH3 is 1. The summed E-state index contributed by atoms with van der Waals surface area (Å²) in [5.41, 5.74) is 2.16. The summed E-state index contributed by atoms with van der Waals surface area (Å²) in [6.45, 7) is 4.48. The summed E-state index contributed by atoms with van der Waals surface area (Å²) < 4.78 is 16.2. The number of nitrogens with zero attached hydrogens (tertiary/aromatic N) is 1. The molecule has 2 N–H and O–H groups in total. The fourth-order valence-corrected chi connectivity index (χ4v) is 4.34. The number of amides is 2. The third kappa shape index (κ3) is 11.8. The van der Waals surface area contributed by atoms with Crippen molar-refractivity contribution in [3.05, 3.63) is 65.7 Å². The molecule has 2 amide bonds. The van der Waals surface area contributed by atoms with Gasteiger partial charge in [-0.1, -0.05) is 42.5 Å². The summed E-state index contributed by atoms with van der Waals surface area (Å²) in [7, 11) is 1.60. The zero-order chi connectivity index (χ0) is 26.0. The number of aliphatic carboxylic acids is 1. The number of hydrogen-bond acceptors (Lipinski definition) is 6. The van der Waals surface area contributed by atoms with Crippen LogP contribution in [0, 0.1) is 0 Å². The van der Waals surface area contributed by atoms with Crippen molar-refractivity contribution in [3.8, 4) is 5.75 Å². The highest BCUT2D eigenvalue weighted by atomic mass is 32.2. The first-order chi connectivity index (χ1) is 17.5. The van der Waals surface area contributed by atoms with Gasteiger partial charge in [0.25, 0.3) is 0 Å². The van der Waals surface area contributed by atoms with Gasteiger partial charge in [-0.25, -0.2) is 9.59 Å². The third-order valence-electron chi connectivity index (χ3n) is 5.32. The highest BCUT2D eigenvalue weighted by Crippen LogP contribution is 2.15. The number of nitrogens with one attached hydrogen (secondary N) is 1. The number of ether oxygens (including phenoxy) is 3. The molecule has 0 saturated heterocycles. The van der Waals surface area contributed by atoms with E-state index in [1.165, 1.54) is 5.56 Å². The van der Waals surface area contributed by atoms with Crippen molar-refractivity contribution in [2.45, 2.75) is 31.6 Å². The minimum Gasteiger partial charge on any atom is -0.492 e. The maximum absolute atomic E-state index is 12.6. The van der Waals surface area contributed by atoms with Crippen LogP contribution in [0.1, 0.15) is 24.5 Å². The third-order valence-corrected chi connectivity index (χ3v) is 6.43. The quantitative estimate of drug-likeness (QED) is 0.287. The Kier molecular flexibility index (Phi) is 14.4. The van der Waals surface area contributed by atoms with E-state index in [0.717, 1.165) is 23.5 Å². The average Bonchev–Trinajstić information content (AvgIpc) is 2.88. The Morgan fingerprint density at radius 1 is 1.03 bits per heavy atom. The van der Waals surface area contributed by atoms with Crippen molar-refractivity contribution in [1.82, 2.24) is 10.2 Å². The number of rotatable bonds is 18. The molecule has 0 spiro atoms. The summed E-state index contributed by atoms with van der Waals surface area (Å²) in [5, 5.41) is 12.1. The first kappa shape index (κ1) is 29.5. The summed E-state index contributed by atoms with van der Waals surface area (Å²) in [6.07, 6.45) is 0.313. The molecular formula is C27H38N2O6S. The Morgan fingerprint density at radius 3 is 2.44 bits per heavy atom. The molecule has 0 heterocycles. The van der Waals surface area contributed by atoms with Gasteiger partial charge in [0, 0.05) is 39.0 Å². The van der Waals surface area contributed by atoms with Gasteiger partial charge < -0.3 is 29.5 Å². The Morgan fingerprint density at radius 2 is 1.78 bits per heavy atom. The van der Waals surface area contributed by atoms with Crippen LogP contribution < -0.4 is 10.1 Å². The molecule has 8 nitrogen and oxygen atoms in total. The molecule has 0 aliphatic carbocycles. The first-order valence-corrected chi connectivity index (χ1v) is 13.4. The number of thioether (sulfide) groups is 1. The molecule has 2 aromatic rings. The fourth-order valence-electron chi connectivity index (χ4n) is 3.44. The van der Waals surface area contributed by atoms with Crippen molar-refractivity contribution >= 4 is 23.8 Å². The van der Waals surface area contributed by atoms with E-state index in [9.17, 15) is 14.7 Å². The van der Waals surface area contributed by atoms with Gasteiger partial charge in [-0.05, 0) is 42.4 Å². The van der Waals surface area contributed by atoms with Gasteiger partial charge in [-0.15, -0.1) is 0 Å². The highest BCUT2D eigenvalue weighted by Gasteiger charge is 2.18. The van der Waals surface area contributed by atoms with Crippen LogP contribution >= 0.6 is 11.8 Å². The SMILES string of the molecule is CCOC(Cc1ccc(OCCN(CCCSCc2ccccc2)C(=O)NCCOC)cc1)C(=O)O. The Labute approximate surface area is 218 Å². The Bertz CT molecular complexity index is 882. The monoisotopic (exact) mass is 518 g/mol. The lowest BCUT2D eigenvalue weighted by Crippen LogP contribution is -2.43. The second-order valence-electron chi connectivity index (χ2n) is 8.08. The number of carboxylic acid groups (broad SMARTS) is 1. The van der Waals surface area contributed by atoms with Gasteiger partial charge >= 0.3 is 12.0 Å². The molecule has 0 saturated carbocycles. The first-order valence-electron chi connectivity index (χ1n) is 12.2. The number of hydrogen-bond donors (Lipinski definition) is 2. The minimum absolute atomic E-state index is 0.130. The van der Waals surface area contributed by atoms with E-state index in [2.05, 4.69) is 17.4 Å². The van der Waals surface area contributed by atoms with Crippen LogP contribution in [0.15, 0.2) is 54.6 Å². The number of carbonyl (C=O) groups is 2. The molecule has 0 radical (unpaired) electrons. The van der Waals surface area contributed by atoms with Gasteiger partial charge in [0.2, 0.25) is 0 Å². The second-order valence-corrected chi connectivity index (χ2v) is 9.19. The lowest BCUT2D eigenvalue weighted by molar-refractivity contribution is -0.149. The number of benzene rings is 2. The summed E-state index contributed by atoms with van der Waals surface area (Å²) >= 11 is 1.86. The van der Waals surface area contributed by atoms with E-state index in [-0.39, 0.29) is 6.03 Å². The molecule has 9 heteroatoms. The average molecular weight is 519 g/mol. The molecule has 2 aromatic carbocycles. The molecular weight excluding hydrogens is 480 g/mol. The van der Waals surface area contributed by atoms with Crippen LogP contribution in [0.5, 0.6) is 5.75 Å². The smallest absolute Gasteiger partial charge is 0.333 e. The van der Waals surface area contributed by atoms with Gasteiger partial charge in [-0.3, -0.25) is 0 Å². The maximum Gasteiger partial charge on any atom is 0.333 e. The highest BCUT2D eigenvalue weighted by molar-refractivity contribution is 7.98. The van der Waals surface area contributed by atoms with Crippen LogP contribution in [-0.2, 0) is 26.4 Å².